The van der Waals surface area contributed by atoms with Crippen molar-refractivity contribution in [1.82, 2.24) is 24.4 Å². The van der Waals surface area contributed by atoms with Crippen LogP contribution in [0.25, 0.3) is 32.2 Å². The fourth-order valence-electron chi connectivity index (χ4n) is 4.04. The van der Waals surface area contributed by atoms with Crippen molar-refractivity contribution in [2.24, 2.45) is 0 Å². The zero-order valence-corrected chi connectivity index (χ0v) is 21.4. The second-order valence-electron chi connectivity index (χ2n) is 8.35. The maximum absolute atomic E-state index is 13.5. The van der Waals surface area contributed by atoms with Crippen LogP contribution >= 0.6 is 11.3 Å². The molecule has 0 aliphatic rings. The van der Waals surface area contributed by atoms with E-state index in [0.717, 1.165) is 27.3 Å². The molecule has 1 unspecified atom stereocenters. The molecular weight excluding hydrogens is 492 g/mol. The minimum Gasteiger partial charge on any atom is -0.598 e. The van der Waals surface area contributed by atoms with Gasteiger partial charge in [-0.1, -0.05) is 18.2 Å². The molecule has 0 aliphatic carbocycles. The fourth-order valence-corrected chi connectivity index (χ4v) is 5.81. The molecule has 5 rings (SSSR count). The Labute approximate surface area is 214 Å². The van der Waals surface area contributed by atoms with Gasteiger partial charge in [-0.2, -0.15) is 0 Å². The lowest BCUT2D eigenvalue weighted by atomic mass is 10.1. The third kappa shape index (κ3) is 4.76. The van der Waals surface area contributed by atoms with Crippen molar-refractivity contribution in [3.8, 4) is 0 Å². The highest BCUT2D eigenvalue weighted by atomic mass is 32.2. The predicted molar refractivity (Wildman–Crippen MR) is 148 cm³/mol. The summed E-state index contributed by atoms with van der Waals surface area (Å²) in [5, 5.41) is 14.4. The maximum atomic E-state index is 13.5. The fraction of sp³-hybridized carbons (Fsp3) is 0.154. The van der Waals surface area contributed by atoms with Crippen LogP contribution < -0.4 is 15.5 Å². The smallest absolute Gasteiger partial charge is 0.195 e. The van der Waals surface area contributed by atoms with Crippen molar-refractivity contribution in [2.45, 2.75) is 19.2 Å². The number of benzene rings is 1. The highest BCUT2D eigenvalue weighted by Gasteiger charge is 2.13. The number of nitrogens with one attached hydrogen (secondary N) is 3. The van der Waals surface area contributed by atoms with Crippen LogP contribution in [-0.4, -0.2) is 32.2 Å². The number of hydrogen-bond donors (Lipinski definition) is 3. The minimum absolute atomic E-state index is 0.151. The highest BCUT2D eigenvalue weighted by molar-refractivity contribution is 7.88. The first-order valence-corrected chi connectivity index (χ1v) is 13.4. The number of pyridine rings is 1. The molecule has 0 bridgehead atoms. The molecule has 36 heavy (non-hydrogen) atoms. The van der Waals surface area contributed by atoms with Gasteiger partial charge in [0.25, 0.3) is 0 Å². The molecule has 0 amide bonds. The number of allylic oxidation sites excluding steroid dienone is 1. The van der Waals surface area contributed by atoms with Crippen molar-refractivity contribution >= 4 is 61.1 Å². The van der Waals surface area contributed by atoms with Crippen LogP contribution in [0.1, 0.15) is 22.5 Å². The third-order valence-corrected chi connectivity index (χ3v) is 7.90. The van der Waals surface area contributed by atoms with Crippen LogP contribution in [0.5, 0.6) is 0 Å². The van der Waals surface area contributed by atoms with Crippen LogP contribution in [0.2, 0.25) is 0 Å². The molecular formula is C26H24N6O2S2. The molecule has 0 saturated heterocycles. The van der Waals surface area contributed by atoms with Crippen molar-refractivity contribution in [3.05, 3.63) is 93.1 Å². The Bertz CT molecular complexity index is 1690. The van der Waals surface area contributed by atoms with E-state index in [4.69, 9.17) is 5.41 Å². The summed E-state index contributed by atoms with van der Waals surface area (Å²) in [6.07, 6.45) is 6.52. The first-order chi connectivity index (χ1) is 17.5. The molecule has 5 aromatic rings. The summed E-state index contributed by atoms with van der Waals surface area (Å²) in [6, 6.07) is 11.0. The molecule has 2 aromatic carbocycles. The average Bonchev–Trinajstić information content (AvgIpc) is 3.42. The van der Waals surface area contributed by atoms with Crippen molar-refractivity contribution in [1.29, 1.82) is 5.41 Å². The molecule has 3 heterocycles. The van der Waals surface area contributed by atoms with Gasteiger partial charge in [0.05, 0.1) is 17.8 Å². The summed E-state index contributed by atoms with van der Waals surface area (Å²) in [5.41, 5.74) is 4.48. The van der Waals surface area contributed by atoms with E-state index >= 15 is 0 Å². The molecule has 0 saturated carbocycles. The van der Waals surface area contributed by atoms with E-state index in [0.29, 0.717) is 34.0 Å². The monoisotopic (exact) mass is 516 g/mol. The zero-order valence-electron chi connectivity index (χ0n) is 19.7. The van der Waals surface area contributed by atoms with Gasteiger partial charge < -0.3 is 15.3 Å². The SMILES string of the molecule is CN/C=C(\C=N)c1cnc2ccc3ccc(C[S+]([O-])NCc4cn5c(C)csc5n4)cc3c(=O)c2c1. The molecule has 0 fully saturated rings. The summed E-state index contributed by atoms with van der Waals surface area (Å²) < 4.78 is 17.8. The first kappa shape index (κ1) is 24.1. The first-order valence-electron chi connectivity index (χ1n) is 11.2. The zero-order chi connectivity index (χ0) is 25.2. The lowest BCUT2D eigenvalue weighted by Gasteiger charge is -2.10. The topological polar surface area (TPSA) is 118 Å². The standard InChI is InChI=1S/C26H24N6O2S2/c1-16-14-35-26-31-21(13-32(16)26)12-30-36(34)15-17-3-4-18-5-6-24-23(25(33)22(18)7-17)8-19(11-29-24)20(9-27)10-28-2/h3-11,13-14,27-28,30H,12,15H2,1-2H3/b20-10+,27-9?. The second kappa shape index (κ2) is 10.2. The Kier molecular flexibility index (Phi) is 6.84. The quantitative estimate of drug-likeness (QED) is 0.212. The van der Waals surface area contributed by atoms with Crippen LogP contribution in [0.4, 0.5) is 0 Å². The van der Waals surface area contributed by atoms with E-state index in [2.05, 4.69) is 20.0 Å². The van der Waals surface area contributed by atoms with E-state index in [1.54, 1.807) is 42.9 Å². The van der Waals surface area contributed by atoms with Gasteiger partial charge in [-0.25, -0.2) is 4.98 Å². The number of nitrogens with zero attached hydrogens (tertiary/aromatic N) is 3. The molecule has 8 nitrogen and oxygen atoms in total. The normalized spacial score (nSPS) is 12.9. The summed E-state index contributed by atoms with van der Waals surface area (Å²) in [6.45, 7) is 2.42. The third-order valence-electron chi connectivity index (χ3n) is 5.89. The summed E-state index contributed by atoms with van der Waals surface area (Å²) in [5.74, 6) is 0.263. The number of imidazole rings is 1. The molecule has 3 N–H and O–H groups in total. The van der Waals surface area contributed by atoms with Gasteiger partial charge in [0, 0.05) is 81.8 Å². The minimum atomic E-state index is -1.34. The van der Waals surface area contributed by atoms with Crippen LogP contribution in [0.15, 0.2) is 65.2 Å². The van der Waals surface area contributed by atoms with E-state index in [9.17, 15) is 9.35 Å². The Morgan fingerprint density at radius 1 is 1.25 bits per heavy atom. The molecule has 0 spiro atoms. The van der Waals surface area contributed by atoms with Gasteiger partial charge in [0.1, 0.15) is 0 Å². The van der Waals surface area contributed by atoms with Gasteiger partial charge in [-0.3, -0.25) is 14.2 Å². The van der Waals surface area contributed by atoms with Gasteiger partial charge in [0.2, 0.25) is 0 Å². The summed E-state index contributed by atoms with van der Waals surface area (Å²) in [7, 11) is 1.75. The van der Waals surface area contributed by atoms with E-state index < -0.39 is 11.4 Å². The Morgan fingerprint density at radius 3 is 2.86 bits per heavy atom. The number of aryl methyl sites for hydroxylation is 1. The number of rotatable bonds is 8. The lowest BCUT2D eigenvalue weighted by Crippen LogP contribution is -2.25. The molecule has 10 heteroatoms. The highest BCUT2D eigenvalue weighted by Crippen LogP contribution is 2.20. The van der Waals surface area contributed by atoms with E-state index in [1.165, 1.54) is 6.21 Å². The van der Waals surface area contributed by atoms with Crippen LogP contribution in [-0.2, 0) is 23.7 Å². The van der Waals surface area contributed by atoms with Gasteiger partial charge in [-0.15, -0.1) is 16.1 Å². The van der Waals surface area contributed by atoms with Crippen molar-refractivity contribution < 1.29 is 4.55 Å². The Balaban J connectivity index is 1.42. The maximum Gasteiger partial charge on any atom is 0.195 e. The van der Waals surface area contributed by atoms with Gasteiger partial charge >= 0.3 is 0 Å². The molecule has 182 valence electrons. The van der Waals surface area contributed by atoms with Crippen molar-refractivity contribution in [2.75, 3.05) is 7.05 Å². The number of aromatic nitrogens is 3. The van der Waals surface area contributed by atoms with Crippen molar-refractivity contribution in [3.63, 3.8) is 0 Å². The Morgan fingerprint density at radius 2 is 2.08 bits per heavy atom. The largest absolute Gasteiger partial charge is 0.598 e. The average molecular weight is 517 g/mol. The number of thiazole rings is 1. The van der Waals surface area contributed by atoms with E-state index in [-0.39, 0.29) is 11.2 Å². The lowest BCUT2D eigenvalue weighted by molar-refractivity contribution is 0.579. The second-order valence-corrected chi connectivity index (χ2v) is 10.5. The van der Waals surface area contributed by atoms with Crippen LogP contribution in [0.3, 0.4) is 0 Å². The summed E-state index contributed by atoms with van der Waals surface area (Å²) >= 11 is 0.238. The molecule has 0 aliphatic heterocycles. The van der Waals surface area contributed by atoms with Gasteiger partial charge in [-0.05, 0) is 30.5 Å². The van der Waals surface area contributed by atoms with E-state index in [1.807, 2.05) is 47.2 Å². The number of hydrogen-bond acceptors (Lipinski definition) is 8. The predicted octanol–water partition coefficient (Wildman–Crippen LogP) is 3.93. The Hall–Kier alpha value is -3.57. The molecule has 3 aromatic heterocycles. The van der Waals surface area contributed by atoms with Crippen LogP contribution in [0, 0.1) is 12.3 Å². The number of fused-ring (bicyclic) bond motifs is 3. The molecule has 0 radical (unpaired) electrons. The summed E-state index contributed by atoms with van der Waals surface area (Å²) in [4.78, 5) is 23.4. The molecule has 1 atom stereocenters. The van der Waals surface area contributed by atoms with Gasteiger partial charge in [0.15, 0.2) is 16.1 Å².